The number of guanidine groups is 1. The fourth-order valence-electron chi connectivity index (χ4n) is 4.11. The molecule has 0 aliphatic heterocycles. The summed E-state index contributed by atoms with van der Waals surface area (Å²) in [7, 11) is 4.04. The molecule has 3 aliphatic rings. The van der Waals surface area contributed by atoms with Crippen LogP contribution in [0, 0.1) is 17.8 Å². The van der Waals surface area contributed by atoms with Gasteiger partial charge in [-0.25, -0.2) is 4.98 Å². The van der Waals surface area contributed by atoms with Crippen LogP contribution in [0.2, 0.25) is 0 Å². The summed E-state index contributed by atoms with van der Waals surface area (Å²) in [4.78, 5) is 13.1. The van der Waals surface area contributed by atoms with Crippen molar-refractivity contribution in [1.29, 1.82) is 0 Å². The van der Waals surface area contributed by atoms with Crippen LogP contribution in [0.3, 0.4) is 0 Å². The first kappa shape index (κ1) is 16.4. The third-order valence-corrected chi connectivity index (χ3v) is 6.93. The van der Waals surface area contributed by atoms with Crippen LogP contribution in [0.5, 0.6) is 0 Å². The molecule has 0 aromatic carbocycles. The Hall–Kier alpha value is -1.10. The van der Waals surface area contributed by atoms with Gasteiger partial charge in [0.25, 0.3) is 0 Å². The molecule has 24 heavy (non-hydrogen) atoms. The maximum absolute atomic E-state index is 4.87. The summed E-state index contributed by atoms with van der Waals surface area (Å²) in [5.41, 5.74) is 1.36. The Labute approximate surface area is 149 Å². The van der Waals surface area contributed by atoms with Crippen molar-refractivity contribution in [2.75, 3.05) is 20.6 Å². The Balaban J connectivity index is 1.33. The summed E-state index contributed by atoms with van der Waals surface area (Å²) in [5, 5.41) is 4.89. The standard InChI is InChI=1S/C19H30N4S/c1-20-19(21-11-15(13-7-8-13)14-9-10-14)23(2)12-18-22-16-5-3-4-6-17(16)24-18/h13-15H,3-12H2,1-2H3,(H,20,21). The molecule has 5 heteroatoms. The van der Waals surface area contributed by atoms with Gasteiger partial charge in [0.2, 0.25) is 0 Å². The lowest BCUT2D eigenvalue weighted by Crippen LogP contribution is -2.41. The van der Waals surface area contributed by atoms with Crippen LogP contribution in [0.4, 0.5) is 0 Å². The Morgan fingerprint density at radius 1 is 1.25 bits per heavy atom. The fraction of sp³-hybridized carbons (Fsp3) is 0.789. The number of nitrogens with one attached hydrogen (secondary N) is 1. The predicted octanol–water partition coefficient (Wildman–Crippen LogP) is 3.47. The van der Waals surface area contributed by atoms with Crippen molar-refractivity contribution in [1.82, 2.24) is 15.2 Å². The Morgan fingerprint density at radius 3 is 2.58 bits per heavy atom. The molecule has 2 saturated carbocycles. The number of hydrogen-bond acceptors (Lipinski definition) is 3. The lowest BCUT2D eigenvalue weighted by Gasteiger charge is -2.24. The van der Waals surface area contributed by atoms with Gasteiger partial charge in [-0.1, -0.05) is 0 Å². The summed E-state index contributed by atoms with van der Waals surface area (Å²) >= 11 is 1.91. The third kappa shape index (κ3) is 3.76. The molecule has 132 valence electrons. The molecule has 1 heterocycles. The van der Waals surface area contributed by atoms with Gasteiger partial charge >= 0.3 is 0 Å². The average Bonchev–Trinajstić information content (AvgIpc) is 3.49. The van der Waals surface area contributed by atoms with Gasteiger partial charge in [-0.05, 0) is 69.1 Å². The quantitative estimate of drug-likeness (QED) is 0.633. The number of thiazole rings is 1. The van der Waals surface area contributed by atoms with E-state index in [0.29, 0.717) is 0 Å². The van der Waals surface area contributed by atoms with Gasteiger partial charge in [0, 0.05) is 25.5 Å². The number of rotatable bonds is 6. The Morgan fingerprint density at radius 2 is 1.96 bits per heavy atom. The molecule has 0 atom stereocenters. The second kappa shape index (κ2) is 7.03. The highest BCUT2D eigenvalue weighted by Gasteiger charge is 2.41. The van der Waals surface area contributed by atoms with Crippen molar-refractivity contribution < 1.29 is 0 Å². The summed E-state index contributed by atoms with van der Waals surface area (Å²) in [6.07, 6.45) is 10.8. The number of nitrogens with zero attached hydrogens (tertiary/aromatic N) is 3. The number of aliphatic imine (C=N–C) groups is 1. The molecule has 0 spiro atoms. The molecule has 3 aliphatic carbocycles. The molecule has 1 aromatic rings. The van der Waals surface area contributed by atoms with Gasteiger partial charge in [-0.15, -0.1) is 11.3 Å². The molecule has 0 unspecified atom stereocenters. The monoisotopic (exact) mass is 346 g/mol. The molecule has 4 rings (SSSR count). The van der Waals surface area contributed by atoms with E-state index < -0.39 is 0 Å². The van der Waals surface area contributed by atoms with Crippen molar-refractivity contribution in [3.05, 3.63) is 15.6 Å². The summed E-state index contributed by atoms with van der Waals surface area (Å²) in [5.74, 6) is 3.87. The Kier molecular flexibility index (Phi) is 4.79. The topological polar surface area (TPSA) is 40.5 Å². The number of fused-ring (bicyclic) bond motifs is 1. The minimum absolute atomic E-state index is 0.870. The van der Waals surface area contributed by atoms with Crippen LogP contribution in [-0.4, -0.2) is 36.5 Å². The summed E-state index contributed by atoms with van der Waals surface area (Å²) in [6, 6.07) is 0. The van der Waals surface area contributed by atoms with E-state index in [1.807, 2.05) is 18.4 Å². The highest BCUT2D eigenvalue weighted by Crippen LogP contribution is 2.48. The fourth-order valence-corrected chi connectivity index (χ4v) is 5.32. The first-order valence-electron chi connectivity index (χ1n) is 9.64. The summed E-state index contributed by atoms with van der Waals surface area (Å²) in [6.45, 7) is 1.97. The van der Waals surface area contributed by atoms with Crippen molar-refractivity contribution in [3.63, 3.8) is 0 Å². The molecule has 2 fully saturated rings. The SMILES string of the molecule is CN=C(NCC(C1CC1)C1CC1)N(C)Cc1nc2c(s1)CCCC2. The van der Waals surface area contributed by atoms with Crippen molar-refractivity contribution >= 4 is 17.3 Å². The number of aromatic nitrogens is 1. The van der Waals surface area contributed by atoms with Crippen LogP contribution in [0.25, 0.3) is 0 Å². The third-order valence-electron chi connectivity index (χ3n) is 5.79. The zero-order valence-electron chi connectivity index (χ0n) is 15.1. The minimum Gasteiger partial charge on any atom is -0.356 e. The van der Waals surface area contributed by atoms with Crippen LogP contribution in [-0.2, 0) is 19.4 Å². The van der Waals surface area contributed by atoms with E-state index in [9.17, 15) is 0 Å². The molecule has 0 saturated heterocycles. The lowest BCUT2D eigenvalue weighted by atomic mass is 9.98. The molecule has 0 radical (unpaired) electrons. The highest BCUT2D eigenvalue weighted by molar-refractivity contribution is 7.11. The zero-order chi connectivity index (χ0) is 16.5. The maximum Gasteiger partial charge on any atom is 0.193 e. The minimum atomic E-state index is 0.870. The van der Waals surface area contributed by atoms with Crippen LogP contribution >= 0.6 is 11.3 Å². The highest BCUT2D eigenvalue weighted by atomic mass is 32.1. The van der Waals surface area contributed by atoms with E-state index in [2.05, 4.69) is 22.3 Å². The smallest absolute Gasteiger partial charge is 0.193 e. The predicted molar refractivity (Wildman–Crippen MR) is 101 cm³/mol. The van der Waals surface area contributed by atoms with Gasteiger partial charge in [-0.2, -0.15) is 0 Å². The van der Waals surface area contributed by atoms with E-state index in [4.69, 9.17) is 4.98 Å². The number of aryl methyl sites for hydroxylation is 2. The molecule has 1 aromatic heterocycles. The van der Waals surface area contributed by atoms with E-state index in [1.165, 1.54) is 66.9 Å². The largest absolute Gasteiger partial charge is 0.356 e. The Bertz CT molecular complexity index is 565. The first-order chi connectivity index (χ1) is 11.7. The van der Waals surface area contributed by atoms with E-state index >= 15 is 0 Å². The molecule has 0 bridgehead atoms. The van der Waals surface area contributed by atoms with Crippen molar-refractivity contribution in [3.8, 4) is 0 Å². The van der Waals surface area contributed by atoms with Gasteiger partial charge in [0.15, 0.2) is 5.96 Å². The second-order valence-corrected chi connectivity index (χ2v) is 8.98. The van der Waals surface area contributed by atoms with Crippen LogP contribution in [0.15, 0.2) is 4.99 Å². The second-order valence-electron chi connectivity index (χ2n) is 7.81. The molecular formula is C19H30N4S. The van der Waals surface area contributed by atoms with Gasteiger partial charge in [-0.3, -0.25) is 4.99 Å². The molecule has 0 amide bonds. The maximum atomic E-state index is 4.87. The van der Waals surface area contributed by atoms with E-state index in [-0.39, 0.29) is 0 Å². The lowest BCUT2D eigenvalue weighted by molar-refractivity contribution is 0.387. The first-order valence-corrected chi connectivity index (χ1v) is 10.5. The summed E-state index contributed by atoms with van der Waals surface area (Å²) < 4.78 is 0. The van der Waals surface area contributed by atoms with E-state index in [1.54, 1.807) is 0 Å². The average molecular weight is 347 g/mol. The number of hydrogen-bond donors (Lipinski definition) is 1. The van der Waals surface area contributed by atoms with E-state index in [0.717, 1.165) is 36.8 Å². The van der Waals surface area contributed by atoms with Crippen molar-refractivity contribution in [2.24, 2.45) is 22.7 Å². The van der Waals surface area contributed by atoms with Crippen molar-refractivity contribution in [2.45, 2.75) is 57.9 Å². The molecular weight excluding hydrogens is 316 g/mol. The normalized spacial score (nSPS) is 21.0. The van der Waals surface area contributed by atoms with Crippen LogP contribution < -0.4 is 5.32 Å². The molecule has 4 nitrogen and oxygen atoms in total. The van der Waals surface area contributed by atoms with Gasteiger partial charge < -0.3 is 10.2 Å². The van der Waals surface area contributed by atoms with Crippen LogP contribution in [0.1, 0.15) is 54.1 Å². The molecule has 1 N–H and O–H groups in total. The zero-order valence-corrected chi connectivity index (χ0v) is 15.9. The van der Waals surface area contributed by atoms with Gasteiger partial charge in [0.05, 0.1) is 12.2 Å². The van der Waals surface area contributed by atoms with Gasteiger partial charge in [0.1, 0.15) is 5.01 Å².